The van der Waals surface area contributed by atoms with Gasteiger partial charge in [-0.2, -0.15) is 0 Å². The summed E-state index contributed by atoms with van der Waals surface area (Å²) in [4.78, 5) is 153. The molecule has 20 N–H and O–H groups in total. The predicted molar refractivity (Wildman–Crippen MR) is 276 cm³/mol. The number of nitrogens with one attached hydrogen (secondary N) is 7. The zero-order chi connectivity index (χ0) is 55.2. The summed E-state index contributed by atoms with van der Waals surface area (Å²) in [5.74, 6) is -10.5. The summed E-state index contributed by atoms with van der Waals surface area (Å²) in [6.07, 6.45) is -1.38. The lowest BCUT2D eigenvalue weighted by molar-refractivity contribution is -0.142. The highest BCUT2D eigenvalue weighted by Gasteiger charge is 2.40. The van der Waals surface area contributed by atoms with Gasteiger partial charge in [-0.3, -0.25) is 57.7 Å². The van der Waals surface area contributed by atoms with Crippen molar-refractivity contribution in [2.75, 3.05) is 31.1 Å². The molecule has 408 valence electrons. The molecule has 0 radical (unpaired) electrons. The highest BCUT2D eigenvalue weighted by Crippen LogP contribution is 2.26. The van der Waals surface area contributed by atoms with E-state index in [0.29, 0.717) is 17.5 Å². The summed E-state index contributed by atoms with van der Waals surface area (Å²) in [7, 11) is 1.99. The summed E-state index contributed by atoms with van der Waals surface area (Å²) in [6.45, 7) is -0.443. The van der Waals surface area contributed by atoms with Crippen molar-refractivity contribution >= 4 is 92.5 Å². The van der Waals surface area contributed by atoms with E-state index in [9.17, 15) is 57.8 Å². The van der Waals surface area contributed by atoms with E-state index in [0.717, 1.165) is 21.6 Å². The monoisotopic (exact) mass is 1080 g/mol. The van der Waals surface area contributed by atoms with Gasteiger partial charge in [-0.05, 0) is 55.4 Å². The Morgan fingerprint density at radius 1 is 0.707 bits per heavy atom. The number of hydrogen-bond acceptors (Lipinski definition) is 16. The van der Waals surface area contributed by atoms with Crippen LogP contribution in [0.25, 0.3) is 0 Å². The van der Waals surface area contributed by atoms with E-state index in [4.69, 9.17) is 34.4 Å². The van der Waals surface area contributed by atoms with Gasteiger partial charge in [0, 0.05) is 43.9 Å². The quantitative estimate of drug-likeness (QED) is 0.0270. The van der Waals surface area contributed by atoms with Gasteiger partial charge in [-0.1, -0.05) is 64.1 Å². The molecule has 4 rings (SSSR count). The van der Waals surface area contributed by atoms with Crippen LogP contribution in [0.2, 0.25) is 0 Å². The molecule has 2 saturated heterocycles. The fourth-order valence-electron chi connectivity index (χ4n) is 7.80. The fourth-order valence-corrected chi connectivity index (χ4v) is 10.1. The number of likely N-dealkylation sites (tertiary alicyclic amines) is 1. The van der Waals surface area contributed by atoms with Crippen LogP contribution in [0.1, 0.15) is 56.1 Å². The number of nitrogens with two attached hydrogens (primary N) is 6. The highest BCUT2D eigenvalue weighted by atomic mass is 33.1. The van der Waals surface area contributed by atoms with Gasteiger partial charge in [0.05, 0.1) is 19.0 Å². The van der Waals surface area contributed by atoms with Gasteiger partial charge >= 0.3 is 0 Å². The van der Waals surface area contributed by atoms with Crippen molar-refractivity contribution in [3.05, 3.63) is 65.7 Å². The van der Waals surface area contributed by atoms with Crippen molar-refractivity contribution < 1.29 is 57.8 Å². The molecule has 2 aliphatic rings. The van der Waals surface area contributed by atoms with Crippen molar-refractivity contribution in [3.8, 4) is 5.75 Å². The van der Waals surface area contributed by atoms with Crippen LogP contribution in [0.15, 0.2) is 59.6 Å². The number of hydrogen-bond donors (Lipinski definition) is 14. The Hall–Kier alpha value is -7.66. The highest BCUT2D eigenvalue weighted by molar-refractivity contribution is 8.76. The Labute approximate surface area is 439 Å². The number of guanidine groups is 1. The second kappa shape index (κ2) is 29.9. The second-order valence-corrected chi connectivity index (χ2v) is 20.2. The van der Waals surface area contributed by atoms with Crippen LogP contribution in [0.4, 0.5) is 0 Å². The Balaban J connectivity index is 1.71. The van der Waals surface area contributed by atoms with Crippen LogP contribution in [0.5, 0.6) is 5.75 Å². The van der Waals surface area contributed by atoms with Crippen molar-refractivity contribution in [1.29, 1.82) is 0 Å². The normalized spacial score (nSPS) is 22.6. The maximum atomic E-state index is 14.6. The standard InChI is InChI=1S/C46H65N15O12S2/c47-27-22-74-75-23-33(45(73)61-17-5-9-34(61)44(72)56-28(8-4-16-53-46(51)52)39(67)54-21-37(50)65)60-43(71)32(20-36(49)64)59-40(68)29(14-15-35(48)63)55-41(69)31(18-24-6-2-1-3-7-24)58-42(70)30(57-38(27)66)19-25-10-12-26(62)13-11-25/h1-3,6-7,10-13,27-34,62H,4-5,8-9,14-23,47H2,(H2,48,63)(H2,49,64)(H2,50,65)(H,54,67)(H,55,69)(H,56,72)(H,57,66)(H,58,70)(H,59,68)(H,60,71)(H4,51,52,53)/t27-,28-,29-,30-,31-,32-,33+,34-/m0/s1. The maximum Gasteiger partial charge on any atom is 0.246 e. The second-order valence-electron chi connectivity index (χ2n) is 17.6. The summed E-state index contributed by atoms with van der Waals surface area (Å²) < 4.78 is 0. The van der Waals surface area contributed by atoms with E-state index in [-0.39, 0.29) is 68.4 Å². The van der Waals surface area contributed by atoms with Crippen LogP contribution in [0, 0.1) is 0 Å². The number of primary amides is 3. The SMILES string of the molecule is NC(=O)CC[C@@H]1NC(=O)[C@H](Cc2ccccc2)NC(=O)[C@H](Cc2ccc(O)cc2)NC(=O)[C@@H](N)CSSC[C@H](C(=O)N2CCC[C@H]2C(=O)N[C@@H](CCCN=C(N)N)C(=O)NCC(N)=O)NC(=O)[C@H](CC(N)=O)NC1=O. The molecule has 0 unspecified atom stereocenters. The smallest absolute Gasteiger partial charge is 0.246 e. The first kappa shape index (κ1) is 59.9. The van der Waals surface area contributed by atoms with E-state index in [1.165, 1.54) is 29.2 Å². The molecular weight excluding hydrogens is 1020 g/mol. The minimum absolute atomic E-state index is 0.00106. The van der Waals surface area contributed by atoms with Crippen LogP contribution >= 0.6 is 21.6 Å². The van der Waals surface area contributed by atoms with Gasteiger partial charge in [-0.15, -0.1) is 0 Å². The Bertz CT molecular complexity index is 2420. The predicted octanol–water partition coefficient (Wildman–Crippen LogP) is -5.40. The molecule has 29 heteroatoms. The first-order chi connectivity index (χ1) is 35.6. The van der Waals surface area contributed by atoms with Crippen LogP contribution in [-0.2, 0) is 65.6 Å². The lowest BCUT2D eigenvalue weighted by atomic mass is 10.0. The number of aromatic hydroxyl groups is 1. The summed E-state index contributed by atoms with van der Waals surface area (Å²) in [5.41, 5.74) is 34.4. The summed E-state index contributed by atoms with van der Waals surface area (Å²) in [5, 5.41) is 27.6. The minimum atomic E-state index is -1.80. The van der Waals surface area contributed by atoms with E-state index in [1.807, 2.05) is 0 Å². The molecule has 0 bridgehead atoms. The Kier molecular flexibility index (Phi) is 23.9. The third-order valence-corrected chi connectivity index (χ3v) is 14.1. The maximum absolute atomic E-state index is 14.6. The molecule has 0 aliphatic carbocycles. The average Bonchev–Trinajstić information content (AvgIpc) is 3.86. The van der Waals surface area contributed by atoms with E-state index >= 15 is 0 Å². The lowest BCUT2D eigenvalue weighted by Crippen LogP contribution is -2.61. The van der Waals surface area contributed by atoms with Gasteiger partial charge in [0.25, 0.3) is 0 Å². The Morgan fingerprint density at radius 3 is 1.89 bits per heavy atom. The molecule has 0 spiro atoms. The summed E-state index contributed by atoms with van der Waals surface area (Å²) in [6, 6.07) is 2.80. The van der Waals surface area contributed by atoms with Crippen molar-refractivity contribution in [2.24, 2.45) is 39.4 Å². The topological polar surface area (TPSA) is 464 Å². The third kappa shape index (κ3) is 20.3. The zero-order valence-corrected chi connectivity index (χ0v) is 42.5. The van der Waals surface area contributed by atoms with Crippen LogP contribution in [0.3, 0.4) is 0 Å². The lowest BCUT2D eigenvalue weighted by Gasteiger charge is -2.31. The minimum Gasteiger partial charge on any atom is -0.508 e. The third-order valence-electron chi connectivity index (χ3n) is 11.6. The van der Waals surface area contributed by atoms with Crippen molar-refractivity contribution in [3.63, 3.8) is 0 Å². The van der Waals surface area contributed by atoms with Gasteiger partial charge in [0.2, 0.25) is 65.0 Å². The van der Waals surface area contributed by atoms with Gasteiger partial charge in [-0.25, -0.2) is 0 Å². The van der Waals surface area contributed by atoms with E-state index in [2.05, 4.69) is 42.2 Å². The molecule has 27 nitrogen and oxygen atoms in total. The fraction of sp³-hybridized carbons (Fsp3) is 0.478. The van der Waals surface area contributed by atoms with Gasteiger partial charge < -0.3 is 81.6 Å². The van der Waals surface area contributed by atoms with Crippen molar-refractivity contribution in [1.82, 2.24) is 42.1 Å². The molecule has 0 saturated carbocycles. The molecule has 2 aromatic rings. The number of carbonyl (C=O) groups is 11. The van der Waals surface area contributed by atoms with E-state index in [1.54, 1.807) is 30.3 Å². The molecule has 8 atom stereocenters. The number of carbonyl (C=O) groups excluding carboxylic acids is 11. The van der Waals surface area contributed by atoms with Crippen LogP contribution < -0.4 is 71.6 Å². The molecule has 2 aliphatic heterocycles. The number of benzene rings is 2. The number of amides is 11. The number of nitrogens with zero attached hydrogens (tertiary/aromatic N) is 2. The molecule has 11 amide bonds. The first-order valence-corrected chi connectivity index (χ1v) is 26.2. The largest absolute Gasteiger partial charge is 0.508 e. The average molecular weight is 1080 g/mol. The van der Waals surface area contributed by atoms with Gasteiger partial charge in [0.15, 0.2) is 5.96 Å². The Morgan fingerprint density at radius 2 is 1.28 bits per heavy atom. The first-order valence-electron chi connectivity index (χ1n) is 23.7. The van der Waals surface area contributed by atoms with E-state index < -0.39 is 139 Å². The number of rotatable bonds is 19. The number of phenols is 1. The molecule has 0 aromatic heterocycles. The zero-order valence-electron chi connectivity index (χ0n) is 40.8. The number of phenolic OH excluding ortho intramolecular Hbond substituents is 1. The summed E-state index contributed by atoms with van der Waals surface area (Å²) >= 11 is 0. The van der Waals surface area contributed by atoms with Crippen LogP contribution in [-0.4, -0.2) is 160 Å². The van der Waals surface area contributed by atoms with Crippen molar-refractivity contribution in [2.45, 2.75) is 106 Å². The molecule has 2 heterocycles. The van der Waals surface area contributed by atoms with Gasteiger partial charge in [0.1, 0.15) is 48.0 Å². The molecule has 75 heavy (non-hydrogen) atoms. The molecule has 2 aromatic carbocycles. The molecular formula is C46H65N15O12S2. The number of aliphatic imine (C=N–C) groups is 1. The molecule has 2 fully saturated rings.